The average molecular weight is 685 g/mol. The smallest absolute Gasteiger partial charge is 0.296 e. The van der Waals surface area contributed by atoms with E-state index in [2.05, 4.69) is 20.2 Å². The molecule has 1 aliphatic heterocycles. The number of rotatable bonds is 13. The summed E-state index contributed by atoms with van der Waals surface area (Å²) in [5.74, 6) is -1.37. The molecule has 48 heavy (non-hydrogen) atoms. The maximum atomic E-state index is 13.2. The van der Waals surface area contributed by atoms with E-state index in [1.807, 2.05) is 65.2 Å². The van der Waals surface area contributed by atoms with E-state index in [4.69, 9.17) is 23.2 Å². The van der Waals surface area contributed by atoms with Crippen molar-refractivity contribution in [2.24, 2.45) is 5.92 Å². The van der Waals surface area contributed by atoms with Crippen molar-refractivity contribution in [3.8, 4) is 0 Å². The number of nitrogens with zero attached hydrogens (tertiary/aromatic N) is 4. The summed E-state index contributed by atoms with van der Waals surface area (Å²) in [6.45, 7) is 3.66. The number of piperidine rings is 1. The van der Waals surface area contributed by atoms with Crippen LogP contribution >= 0.6 is 23.2 Å². The number of Topliss-reactive ketones (excluding diaryl/α,β-unsaturated/α-hetero) is 1. The molecule has 248 valence electrons. The Morgan fingerprint density at radius 2 is 1.44 bits per heavy atom. The number of ketones is 1. The second kappa shape index (κ2) is 15.4. The van der Waals surface area contributed by atoms with Gasteiger partial charge in [-0.1, -0.05) is 96.7 Å². The molecule has 0 saturated carbocycles. The molecule has 3 aromatic heterocycles. The second-order valence-electron chi connectivity index (χ2n) is 12.4. The van der Waals surface area contributed by atoms with Crippen LogP contribution in [0.4, 0.5) is 5.69 Å². The lowest BCUT2D eigenvalue weighted by molar-refractivity contribution is -0.112. The average Bonchev–Trinajstić information content (AvgIpc) is 3.50. The highest BCUT2D eigenvalue weighted by atomic mass is 35.5. The van der Waals surface area contributed by atoms with Crippen molar-refractivity contribution in [3.05, 3.63) is 124 Å². The van der Waals surface area contributed by atoms with Crippen LogP contribution in [-0.2, 0) is 16.9 Å². The van der Waals surface area contributed by atoms with E-state index in [9.17, 15) is 14.7 Å². The number of fused-ring (bicyclic) bond motifs is 1. The van der Waals surface area contributed by atoms with E-state index in [1.165, 1.54) is 12.4 Å². The largest absolute Gasteiger partial charge is 0.380 e. The molecular weight excluding hydrogens is 645 g/mol. The standard InChI is InChI=1S/C38H39Cl2N5O3/c39-32-24-41-25-33(40)34(32)43-37(47)35(46)31-26-45(36-30(31)16-11-19-42-36)21-10-2-1-9-20-44-22-17-29(18-23-44)38(48,27-12-5-3-6-13-27)28-14-7-4-8-15-28/h3-8,11-16,19,24-26,29,48H,1-2,9-10,17-18,20-23H2,(H,41,43,47). The summed E-state index contributed by atoms with van der Waals surface area (Å²) < 4.78 is 1.95. The van der Waals surface area contributed by atoms with Crippen LogP contribution in [0.25, 0.3) is 11.0 Å². The van der Waals surface area contributed by atoms with Gasteiger partial charge in [0.2, 0.25) is 0 Å². The fourth-order valence-electron chi connectivity index (χ4n) is 6.87. The quantitative estimate of drug-likeness (QED) is 0.0747. The zero-order valence-electron chi connectivity index (χ0n) is 26.7. The number of carbonyl (C=O) groups is 2. The molecule has 0 spiro atoms. The Balaban J connectivity index is 0.988. The van der Waals surface area contributed by atoms with Crippen molar-refractivity contribution in [2.75, 3.05) is 25.0 Å². The van der Waals surface area contributed by atoms with Crippen molar-refractivity contribution in [3.63, 3.8) is 0 Å². The Morgan fingerprint density at radius 1 is 0.833 bits per heavy atom. The van der Waals surface area contributed by atoms with Crippen LogP contribution in [-0.4, -0.2) is 55.9 Å². The van der Waals surface area contributed by atoms with Gasteiger partial charge in [-0.2, -0.15) is 0 Å². The number of unbranched alkanes of at least 4 members (excludes halogenated alkanes) is 3. The van der Waals surface area contributed by atoms with E-state index in [-0.39, 0.29) is 27.2 Å². The van der Waals surface area contributed by atoms with Gasteiger partial charge in [0.25, 0.3) is 11.7 Å². The van der Waals surface area contributed by atoms with Gasteiger partial charge in [0, 0.05) is 36.7 Å². The number of nitrogens with one attached hydrogen (secondary N) is 1. The lowest BCUT2D eigenvalue weighted by Gasteiger charge is -2.42. The molecule has 0 unspecified atom stereocenters. The summed E-state index contributed by atoms with van der Waals surface area (Å²) in [4.78, 5) is 37.0. The third-order valence-corrected chi connectivity index (χ3v) is 9.98. The number of hydrogen-bond donors (Lipinski definition) is 2. The summed E-state index contributed by atoms with van der Waals surface area (Å²) >= 11 is 12.3. The molecule has 0 aliphatic carbocycles. The van der Waals surface area contributed by atoms with Gasteiger partial charge in [-0.05, 0) is 74.5 Å². The number of amides is 1. The van der Waals surface area contributed by atoms with E-state index >= 15 is 0 Å². The van der Waals surface area contributed by atoms with Crippen molar-refractivity contribution >= 4 is 51.6 Å². The molecule has 0 atom stereocenters. The minimum Gasteiger partial charge on any atom is -0.380 e. The molecule has 0 bridgehead atoms. The monoisotopic (exact) mass is 683 g/mol. The lowest BCUT2D eigenvalue weighted by Crippen LogP contribution is -2.44. The molecule has 4 heterocycles. The summed E-state index contributed by atoms with van der Waals surface area (Å²) in [6.07, 6.45) is 12.1. The minimum absolute atomic E-state index is 0.149. The number of carbonyl (C=O) groups excluding carboxylic acids is 2. The molecule has 1 amide bonds. The number of benzene rings is 2. The van der Waals surface area contributed by atoms with Crippen LogP contribution in [0.1, 0.15) is 60.0 Å². The van der Waals surface area contributed by atoms with Crippen LogP contribution in [0.2, 0.25) is 10.0 Å². The topological polar surface area (TPSA) is 100 Å². The van der Waals surface area contributed by atoms with Crippen molar-refractivity contribution in [1.29, 1.82) is 0 Å². The van der Waals surface area contributed by atoms with Crippen molar-refractivity contribution < 1.29 is 14.7 Å². The fourth-order valence-corrected chi connectivity index (χ4v) is 7.32. The summed E-state index contributed by atoms with van der Waals surface area (Å²) in [5, 5.41) is 15.6. The summed E-state index contributed by atoms with van der Waals surface area (Å²) in [6, 6.07) is 23.7. The highest BCUT2D eigenvalue weighted by molar-refractivity contribution is 6.50. The van der Waals surface area contributed by atoms with Gasteiger partial charge in [-0.3, -0.25) is 14.6 Å². The van der Waals surface area contributed by atoms with Crippen LogP contribution in [0.3, 0.4) is 0 Å². The third kappa shape index (κ3) is 7.32. The Morgan fingerprint density at radius 3 is 2.06 bits per heavy atom. The molecule has 1 saturated heterocycles. The number of aromatic nitrogens is 3. The maximum absolute atomic E-state index is 13.2. The first kappa shape index (κ1) is 33.8. The van der Waals surface area contributed by atoms with E-state index in [1.54, 1.807) is 24.5 Å². The third-order valence-electron chi connectivity index (χ3n) is 9.41. The van der Waals surface area contributed by atoms with E-state index in [0.717, 1.165) is 69.3 Å². The maximum Gasteiger partial charge on any atom is 0.296 e. The van der Waals surface area contributed by atoms with Gasteiger partial charge >= 0.3 is 0 Å². The van der Waals surface area contributed by atoms with Crippen LogP contribution in [0, 0.1) is 5.92 Å². The Kier molecular flexibility index (Phi) is 10.9. The van der Waals surface area contributed by atoms with Crippen molar-refractivity contribution in [2.45, 2.75) is 50.7 Å². The first-order valence-electron chi connectivity index (χ1n) is 16.5. The summed E-state index contributed by atoms with van der Waals surface area (Å²) in [7, 11) is 0. The molecule has 5 aromatic rings. The van der Waals surface area contributed by atoms with Gasteiger partial charge in [-0.25, -0.2) is 4.98 Å². The molecule has 1 fully saturated rings. The number of aryl methyl sites for hydroxylation is 1. The van der Waals surface area contributed by atoms with Gasteiger partial charge in [-0.15, -0.1) is 0 Å². The van der Waals surface area contributed by atoms with Crippen LogP contribution in [0.15, 0.2) is 97.6 Å². The van der Waals surface area contributed by atoms with Gasteiger partial charge in [0.1, 0.15) is 11.2 Å². The Bertz CT molecular complexity index is 1800. The van der Waals surface area contributed by atoms with Gasteiger partial charge < -0.3 is 19.9 Å². The fraction of sp³-hybridized carbons (Fsp3) is 0.316. The highest BCUT2D eigenvalue weighted by Gasteiger charge is 2.41. The molecule has 2 aromatic carbocycles. The molecule has 0 radical (unpaired) electrons. The zero-order valence-corrected chi connectivity index (χ0v) is 28.2. The zero-order chi connectivity index (χ0) is 33.5. The number of anilines is 1. The first-order valence-corrected chi connectivity index (χ1v) is 17.3. The Hall–Kier alpha value is -4.08. The number of halogens is 2. The first-order chi connectivity index (χ1) is 23.4. The molecule has 10 heteroatoms. The SMILES string of the molecule is O=C(Nc1c(Cl)cncc1Cl)C(=O)c1cn(CCCCCCN2CCC(C(O)(c3ccccc3)c3ccccc3)CC2)c2ncccc12. The predicted molar refractivity (Wildman–Crippen MR) is 190 cm³/mol. The predicted octanol–water partition coefficient (Wildman–Crippen LogP) is 7.77. The number of aliphatic hydroxyl groups is 1. The van der Waals surface area contributed by atoms with E-state index < -0.39 is 17.3 Å². The van der Waals surface area contributed by atoms with Gasteiger partial charge in [0.15, 0.2) is 0 Å². The lowest BCUT2D eigenvalue weighted by atomic mass is 9.72. The minimum atomic E-state index is -0.999. The molecule has 2 N–H and O–H groups in total. The molecule has 8 nitrogen and oxygen atoms in total. The number of pyridine rings is 2. The number of hydrogen-bond acceptors (Lipinski definition) is 6. The van der Waals surface area contributed by atoms with Crippen molar-refractivity contribution in [1.82, 2.24) is 19.4 Å². The molecule has 1 aliphatic rings. The van der Waals surface area contributed by atoms with Crippen LogP contribution in [0.5, 0.6) is 0 Å². The molecular formula is C38H39Cl2N5O3. The second-order valence-corrected chi connectivity index (χ2v) is 13.2. The van der Waals surface area contributed by atoms with E-state index in [0.29, 0.717) is 17.6 Å². The highest BCUT2D eigenvalue weighted by Crippen LogP contribution is 2.42. The Labute approximate surface area is 290 Å². The van der Waals surface area contributed by atoms with Crippen LogP contribution < -0.4 is 5.32 Å². The van der Waals surface area contributed by atoms with Gasteiger partial charge in [0.05, 0.1) is 21.3 Å². The number of likely N-dealkylation sites (tertiary alicyclic amines) is 1. The summed E-state index contributed by atoms with van der Waals surface area (Å²) in [5.41, 5.74) is 2.02. The normalized spacial score (nSPS) is 14.3. The molecule has 6 rings (SSSR count).